The molecule has 0 spiro atoms. The highest BCUT2D eigenvalue weighted by atomic mass is 32.1. The molecule has 0 unspecified atom stereocenters. The van der Waals surface area contributed by atoms with Gasteiger partial charge in [-0.25, -0.2) is 9.97 Å². The highest BCUT2D eigenvalue weighted by Gasteiger charge is 2.20. The Balaban J connectivity index is 1.67. The lowest BCUT2D eigenvalue weighted by molar-refractivity contribution is -0.380. The van der Waals surface area contributed by atoms with Gasteiger partial charge in [0, 0.05) is 60.9 Å². The van der Waals surface area contributed by atoms with Crippen molar-refractivity contribution in [3.05, 3.63) is 50.4 Å². The topological polar surface area (TPSA) is 72.2 Å². The molecule has 2 aromatic rings. The smallest absolute Gasteiger partial charge is 0.293 e. The van der Waals surface area contributed by atoms with E-state index in [9.17, 15) is 10.1 Å². The second-order valence-corrected chi connectivity index (χ2v) is 6.61. The summed E-state index contributed by atoms with van der Waals surface area (Å²) in [5, 5.41) is 10.9. The molecule has 0 saturated heterocycles. The van der Waals surface area contributed by atoms with E-state index in [2.05, 4.69) is 21.8 Å². The second-order valence-electron chi connectivity index (χ2n) is 5.47. The van der Waals surface area contributed by atoms with Gasteiger partial charge in [-0.3, -0.25) is 15.0 Å². The molecule has 0 amide bonds. The maximum absolute atomic E-state index is 10.7. The minimum Gasteiger partial charge on any atom is -0.293 e. The van der Waals surface area contributed by atoms with Crippen LogP contribution >= 0.6 is 11.3 Å². The van der Waals surface area contributed by atoms with E-state index in [1.54, 1.807) is 6.07 Å². The zero-order valence-corrected chi connectivity index (χ0v) is 13.3. The lowest BCUT2D eigenvalue weighted by atomic mass is 10.1. The van der Waals surface area contributed by atoms with Crippen LogP contribution in [0.1, 0.15) is 35.3 Å². The maximum atomic E-state index is 10.7. The molecular formula is C15H18N4O2S. The summed E-state index contributed by atoms with van der Waals surface area (Å²) in [5.41, 5.74) is 2.34. The Bertz CT molecular complexity index is 686. The van der Waals surface area contributed by atoms with Crippen molar-refractivity contribution in [2.45, 2.75) is 39.3 Å². The molecule has 0 fully saturated rings. The molecule has 1 aliphatic rings. The molecule has 0 radical (unpaired) electrons. The molecule has 6 nitrogen and oxygen atoms in total. The van der Waals surface area contributed by atoms with E-state index >= 15 is 0 Å². The zero-order valence-electron chi connectivity index (χ0n) is 12.5. The van der Waals surface area contributed by atoms with Crippen molar-refractivity contribution in [3.8, 4) is 0 Å². The molecule has 22 heavy (non-hydrogen) atoms. The van der Waals surface area contributed by atoms with Gasteiger partial charge in [-0.2, -0.15) is 0 Å². The third-order valence-corrected chi connectivity index (χ3v) is 4.77. The van der Waals surface area contributed by atoms with Crippen molar-refractivity contribution in [2.75, 3.05) is 6.54 Å². The van der Waals surface area contributed by atoms with E-state index < -0.39 is 0 Å². The fourth-order valence-corrected chi connectivity index (χ4v) is 3.53. The van der Waals surface area contributed by atoms with Gasteiger partial charge in [0.25, 0.3) is 0 Å². The summed E-state index contributed by atoms with van der Waals surface area (Å²) in [6.07, 6.45) is 4.84. The first-order valence-corrected chi connectivity index (χ1v) is 8.26. The normalized spacial score (nSPS) is 14.8. The van der Waals surface area contributed by atoms with Gasteiger partial charge >= 0.3 is 5.00 Å². The van der Waals surface area contributed by atoms with Crippen molar-refractivity contribution in [1.82, 2.24) is 14.9 Å². The number of aromatic nitrogens is 2. The molecule has 0 atom stereocenters. The van der Waals surface area contributed by atoms with Crippen LogP contribution in [-0.2, 0) is 25.9 Å². The lowest BCUT2D eigenvalue weighted by Crippen LogP contribution is -2.30. The fourth-order valence-electron chi connectivity index (χ4n) is 2.67. The summed E-state index contributed by atoms with van der Waals surface area (Å²) in [6.45, 7) is 4.62. The third kappa shape index (κ3) is 3.31. The summed E-state index contributed by atoms with van der Waals surface area (Å²) in [5.74, 6) is 0.934. The number of nitrogens with zero attached hydrogens (tertiary/aromatic N) is 4. The van der Waals surface area contributed by atoms with Gasteiger partial charge in [-0.15, -0.1) is 0 Å². The Morgan fingerprint density at radius 3 is 3.05 bits per heavy atom. The Kier molecular flexibility index (Phi) is 4.44. The number of rotatable bonds is 5. The SMILES string of the molecule is CCCc1ncc2c(n1)CCN(Cc1ccc([N+](=O)[O-])s1)C2. The van der Waals surface area contributed by atoms with Crippen LogP contribution in [0.3, 0.4) is 0 Å². The molecule has 3 heterocycles. The first-order chi connectivity index (χ1) is 10.7. The maximum Gasteiger partial charge on any atom is 0.324 e. The summed E-state index contributed by atoms with van der Waals surface area (Å²) < 4.78 is 0. The fraction of sp³-hybridized carbons (Fsp3) is 0.467. The van der Waals surface area contributed by atoms with E-state index in [4.69, 9.17) is 0 Å². The summed E-state index contributed by atoms with van der Waals surface area (Å²) in [7, 11) is 0. The zero-order chi connectivity index (χ0) is 15.5. The van der Waals surface area contributed by atoms with Crippen molar-refractivity contribution >= 4 is 16.3 Å². The molecule has 3 rings (SSSR count). The summed E-state index contributed by atoms with van der Waals surface area (Å²) >= 11 is 1.25. The molecule has 0 aliphatic carbocycles. The largest absolute Gasteiger partial charge is 0.324 e. The molecule has 0 aromatic carbocycles. The molecule has 2 aromatic heterocycles. The third-order valence-electron chi connectivity index (χ3n) is 3.74. The van der Waals surface area contributed by atoms with Crippen LogP contribution in [0.25, 0.3) is 0 Å². The monoisotopic (exact) mass is 318 g/mol. The summed E-state index contributed by atoms with van der Waals surface area (Å²) in [4.78, 5) is 22.8. The number of aryl methyl sites for hydroxylation is 1. The molecule has 0 bridgehead atoms. The second kappa shape index (κ2) is 6.50. The van der Waals surface area contributed by atoms with E-state index in [-0.39, 0.29) is 9.92 Å². The first-order valence-electron chi connectivity index (χ1n) is 7.45. The predicted octanol–water partition coefficient (Wildman–Crippen LogP) is 2.96. The summed E-state index contributed by atoms with van der Waals surface area (Å²) in [6, 6.07) is 3.43. The van der Waals surface area contributed by atoms with Crippen molar-refractivity contribution in [2.24, 2.45) is 0 Å². The number of hydrogen-bond donors (Lipinski definition) is 0. The molecule has 0 saturated carbocycles. The van der Waals surface area contributed by atoms with E-state index in [0.29, 0.717) is 0 Å². The molecule has 1 aliphatic heterocycles. The number of fused-ring (bicyclic) bond motifs is 1. The van der Waals surface area contributed by atoms with E-state index in [0.717, 1.165) is 55.3 Å². The van der Waals surface area contributed by atoms with Crippen molar-refractivity contribution in [1.29, 1.82) is 0 Å². The lowest BCUT2D eigenvalue weighted by Gasteiger charge is -2.27. The average molecular weight is 318 g/mol. The van der Waals surface area contributed by atoms with Gasteiger partial charge in [-0.05, 0) is 12.5 Å². The van der Waals surface area contributed by atoms with Crippen LogP contribution in [0.2, 0.25) is 0 Å². The van der Waals surface area contributed by atoms with Crippen LogP contribution in [0.5, 0.6) is 0 Å². The minimum absolute atomic E-state index is 0.208. The average Bonchev–Trinajstić information content (AvgIpc) is 2.96. The Morgan fingerprint density at radius 2 is 2.32 bits per heavy atom. The Labute approximate surface area is 133 Å². The number of thiophene rings is 1. The predicted molar refractivity (Wildman–Crippen MR) is 84.8 cm³/mol. The van der Waals surface area contributed by atoms with Crippen LogP contribution in [0.4, 0.5) is 5.00 Å². The molecule has 7 heteroatoms. The van der Waals surface area contributed by atoms with E-state index in [1.165, 1.54) is 16.9 Å². The van der Waals surface area contributed by atoms with Crippen LogP contribution in [-0.4, -0.2) is 26.3 Å². The van der Waals surface area contributed by atoms with Gasteiger partial charge in [0.2, 0.25) is 0 Å². The molecule has 116 valence electrons. The Hall–Kier alpha value is -1.86. The minimum atomic E-state index is -0.331. The van der Waals surface area contributed by atoms with E-state index in [1.807, 2.05) is 12.3 Å². The quantitative estimate of drug-likeness (QED) is 0.626. The highest BCUT2D eigenvalue weighted by Crippen LogP contribution is 2.26. The van der Waals surface area contributed by atoms with Crippen LogP contribution in [0, 0.1) is 10.1 Å². The molecule has 0 N–H and O–H groups in total. The Morgan fingerprint density at radius 1 is 1.45 bits per heavy atom. The van der Waals surface area contributed by atoms with Crippen molar-refractivity contribution < 1.29 is 4.92 Å². The standard InChI is InChI=1S/C15H18N4O2S/c1-2-3-14-16-8-11-9-18(7-6-13(11)17-14)10-12-4-5-15(22-12)19(20)21/h4-5,8H,2-3,6-7,9-10H2,1H3. The van der Waals surface area contributed by atoms with Gasteiger partial charge in [-0.1, -0.05) is 18.3 Å². The van der Waals surface area contributed by atoms with Crippen molar-refractivity contribution in [3.63, 3.8) is 0 Å². The first kappa shape index (κ1) is 15.1. The highest BCUT2D eigenvalue weighted by molar-refractivity contribution is 7.15. The van der Waals surface area contributed by atoms with Gasteiger partial charge in [0.15, 0.2) is 0 Å². The number of hydrogen-bond acceptors (Lipinski definition) is 6. The number of nitro groups is 1. The van der Waals surface area contributed by atoms with Gasteiger partial charge < -0.3 is 0 Å². The van der Waals surface area contributed by atoms with Crippen LogP contribution in [0.15, 0.2) is 18.3 Å². The van der Waals surface area contributed by atoms with Gasteiger partial charge in [0.1, 0.15) is 5.82 Å². The molecular weight excluding hydrogens is 300 g/mol. The van der Waals surface area contributed by atoms with Crippen LogP contribution < -0.4 is 0 Å². The van der Waals surface area contributed by atoms with Gasteiger partial charge in [0.05, 0.1) is 4.92 Å².